The number of carbonyl (C=O) groups is 1. The Morgan fingerprint density at radius 1 is 1.47 bits per heavy atom. The van der Waals surface area contributed by atoms with Crippen molar-refractivity contribution in [3.63, 3.8) is 0 Å². The van der Waals surface area contributed by atoms with Crippen LogP contribution in [0.3, 0.4) is 0 Å². The molecular weight excluding hydrogens is 248 g/mol. The lowest BCUT2D eigenvalue weighted by atomic mass is 9.96. The summed E-state index contributed by atoms with van der Waals surface area (Å²) in [6.07, 6.45) is 0.323. The van der Waals surface area contributed by atoms with Gasteiger partial charge in [-0.2, -0.15) is 0 Å². The van der Waals surface area contributed by atoms with Gasteiger partial charge in [0.15, 0.2) is 0 Å². The van der Waals surface area contributed by atoms with E-state index in [0.29, 0.717) is 26.2 Å². The van der Waals surface area contributed by atoms with Crippen molar-refractivity contribution in [1.29, 1.82) is 0 Å². The second-order valence-electron chi connectivity index (χ2n) is 5.39. The van der Waals surface area contributed by atoms with Crippen molar-refractivity contribution >= 4 is 5.91 Å². The van der Waals surface area contributed by atoms with Gasteiger partial charge in [-0.1, -0.05) is 6.92 Å². The summed E-state index contributed by atoms with van der Waals surface area (Å²) < 4.78 is 10.7. The van der Waals surface area contributed by atoms with E-state index in [1.54, 1.807) is 0 Å². The second-order valence-corrected chi connectivity index (χ2v) is 5.39. The number of carbonyl (C=O) groups excluding carboxylic acids is 1. The topological polar surface area (TPSA) is 79.8 Å². The highest BCUT2D eigenvalue weighted by molar-refractivity contribution is 5.80. The summed E-state index contributed by atoms with van der Waals surface area (Å²) in [5.74, 6) is -0.239. The van der Waals surface area contributed by atoms with Gasteiger partial charge in [0.1, 0.15) is 5.60 Å². The molecule has 2 aliphatic heterocycles. The molecule has 3 N–H and O–H groups in total. The van der Waals surface area contributed by atoms with Gasteiger partial charge >= 0.3 is 0 Å². The predicted molar refractivity (Wildman–Crippen MR) is 69.8 cm³/mol. The number of nitrogens with one attached hydrogen (secondary N) is 2. The van der Waals surface area contributed by atoms with Crippen LogP contribution in [0.2, 0.25) is 0 Å². The van der Waals surface area contributed by atoms with Crippen molar-refractivity contribution < 1.29 is 19.4 Å². The molecule has 19 heavy (non-hydrogen) atoms. The van der Waals surface area contributed by atoms with Crippen LogP contribution in [-0.4, -0.2) is 61.7 Å². The van der Waals surface area contributed by atoms with E-state index in [9.17, 15) is 9.90 Å². The lowest BCUT2D eigenvalue weighted by Gasteiger charge is -2.27. The maximum Gasteiger partial charge on any atom is 0.227 e. The molecule has 6 heteroatoms. The number of hydrogen-bond donors (Lipinski definition) is 3. The van der Waals surface area contributed by atoms with Crippen molar-refractivity contribution in [2.75, 3.05) is 32.9 Å². The van der Waals surface area contributed by atoms with Crippen molar-refractivity contribution in [2.24, 2.45) is 5.92 Å². The highest BCUT2D eigenvalue weighted by atomic mass is 16.5. The molecule has 0 bridgehead atoms. The van der Waals surface area contributed by atoms with Gasteiger partial charge in [-0.25, -0.2) is 0 Å². The molecule has 0 aromatic rings. The van der Waals surface area contributed by atoms with Crippen molar-refractivity contribution in [3.8, 4) is 0 Å². The smallest absolute Gasteiger partial charge is 0.227 e. The monoisotopic (exact) mass is 272 g/mol. The SMILES string of the molecule is CCNC1COCC1C(=O)NCC1(O)CCOC1C. The third-order valence-corrected chi connectivity index (χ3v) is 4.11. The van der Waals surface area contributed by atoms with E-state index in [0.717, 1.165) is 6.54 Å². The zero-order valence-corrected chi connectivity index (χ0v) is 11.6. The van der Waals surface area contributed by atoms with Gasteiger partial charge in [-0.3, -0.25) is 4.79 Å². The molecule has 4 unspecified atom stereocenters. The van der Waals surface area contributed by atoms with Crippen molar-refractivity contribution in [3.05, 3.63) is 0 Å². The zero-order chi connectivity index (χ0) is 13.9. The third-order valence-electron chi connectivity index (χ3n) is 4.11. The Morgan fingerprint density at radius 2 is 2.26 bits per heavy atom. The van der Waals surface area contributed by atoms with E-state index in [4.69, 9.17) is 9.47 Å². The van der Waals surface area contributed by atoms with E-state index >= 15 is 0 Å². The Hall–Kier alpha value is -0.690. The molecule has 0 saturated carbocycles. The number of amides is 1. The van der Waals surface area contributed by atoms with E-state index in [1.807, 2.05) is 13.8 Å². The lowest BCUT2D eigenvalue weighted by molar-refractivity contribution is -0.127. The Labute approximate surface area is 113 Å². The number of aliphatic hydroxyl groups is 1. The first-order valence-corrected chi connectivity index (χ1v) is 6.99. The number of rotatable bonds is 5. The van der Waals surface area contributed by atoms with Crippen LogP contribution in [0.1, 0.15) is 20.3 Å². The summed E-state index contributed by atoms with van der Waals surface area (Å²) >= 11 is 0. The lowest BCUT2D eigenvalue weighted by Crippen LogP contribution is -2.51. The van der Waals surface area contributed by atoms with Crippen molar-refractivity contribution in [2.45, 2.75) is 38.0 Å². The fraction of sp³-hybridized carbons (Fsp3) is 0.923. The molecule has 0 spiro atoms. The summed E-state index contributed by atoms with van der Waals surface area (Å²) in [5.41, 5.74) is -0.942. The minimum absolute atomic E-state index is 0.0593. The van der Waals surface area contributed by atoms with Gasteiger partial charge in [0, 0.05) is 25.6 Å². The Morgan fingerprint density at radius 3 is 2.89 bits per heavy atom. The maximum absolute atomic E-state index is 12.2. The van der Waals surface area contributed by atoms with Crippen LogP contribution in [0, 0.1) is 5.92 Å². The molecule has 0 aromatic carbocycles. The largest absolute Gasteiger partial charge is 0.385 e. The average molecular weight is 272 g/mol. The fourth-order valence-corrected chi connectivity index (χ4v) is 2.65. The average Bonchev–Trinajstić information content (AvgIpc) is 2.96. The van der Waals surface area contributed by atoms with Gasteiger partial charge in [0.25, 0.3) is 0 Å². The summed E-state index contributed by atoms with van der Waals surface area (Å²) in [5, 5.41) is 16.4. The molecule has 0 radical (unpaired) electrons. The molecule has 2 fully saturated rings. The van der Waals surface area contributed by atoms with Gasteiger partial charge in [-0.05, 0) is 13.5 Å². The van der Waals surface area contributed by atoms with E-state index < -0.39 is 5.60 Å². The van der Waals surface area contributed by atoms with Crippen LogP contribution in [0.15, 0.2) is 0 Å². The minimum Gasteiger partial charge on any atom is -0.385 e. The first-order chi connectivity index (χ1) is 9.07. The molecule has 2 aliphatic rings. The normalized spacial score (nSPS) is 38.6. The van der Waals surface area contributed by atoms with Crippen LogP contribution in [-0.2, 0) is 14.3 Å². The minimum atomic E-state index is -0.942. The van der Waals surface area contributed by atoms with Crippen LogP contribution < -0.4 is 10.6 Å². The molecule has 1 amide bonds. The molecule has 0 aromatic heterocycles. The number of likely N-dealkylation sites (N-methyl/N-ethyl adjacent to an activating group) is 1. The first-order valence-electron chi connectivity index (χ1n) is 6.99. The standard InChI is InChI=1S/C13H24N2O4/c1-3-14-11-7-18-6-10(11)12(16)15-8-13(17)4-5-19-9(13)2/h9-11,14,17H,3-8H2,1-2H3,(H,15,16). The van der Waals surface area contributed by atoms with Crippen LogP contribution in [0.25, 0.3) is 0 Å². The summed E-state index contributed by atoms with van der Waals surface area (Å²) in [4.78, 5) is 12.2. The van der Waals surface area contributed by atoms with Gasteiger partial charge in [0.2, 0.25) is 5.91 Å². The van der Waals surface area contributed by atoms with Gasteiger partial charge < -0.3 is 25.2 Å². The summed E-state index contributed by atoms with van der Waals surface area (Å²) in [7, 11) is 0. The van der Waals surface area contributed by atoms with Crippen molar-refractivity contribution in [1.82, 2.24) is 10.6 Å². The quantitative estimate of drug-likeness (QED) is 0.615. The van der Waals surface area contributed by atoms with Gasteiger partial charge in [0.05, 0.1) is 25.2 Å². The van der Waals surface area contributed by atoms with Crippen LogP contribution in [0.5, 0.6) is 0 Å². The molecule has 2 saturated heterocycles. The third kappa shape index (κ3) is 3.25. The Balaban J connectivity index is 1.84. The van der Waals surface area contributed by atoms with Crippen LogP contribution >= 0.6 is 0 Å². The van der Waals surface area contributed by atoms with Crippen LogP contribution in [0.4, 0.5) is 0 Å². The molecule has 4 atom stereocenters. The Kier molecular flexibility index (Phi) is 4.78. The molecule has 2 rings (SSSR count). The van der Waals surface area contributed by atoms with Gasteiger partial charge in [-0.15, -0.1) is 0 Å². The van der Waals surface area contributed by atoms with E-state index in [-0.39, 0.29) is 30.5 Å². The molecule has 110 valence electrons. The Bertz CT molecular complexity index is 326. The highest BCUT2D eigenvalue weighted by Gasteiger charge is 2.41. The summed E-state index contributed by atoms with van der Waals surface area (Å²) in [6.45, 7) is 6.44. The van der Waals surface area contributed by atoms with E-state index in [2.05, 4.69) is 10.6 Å². The first kappa shape index (κ1) is 14.7. The van der Waals surface area contributed by atoms with E-state index in [1.165, 1.54) is 0 Å². The highest BCUT2D eigenvalue weighted by Crippen LogP contribution is 2.25. The maximum atomic E-state index is 12.2. The number of ether oxygens (including phenoxy) is 2. The molecule has 0 aliphatic carbocycles. The fourth-order valence-electron chi connectivity index (χ4n) is 2.65. The summed E-state index contributed by atoms with van der Waals surface area (Å²) in [6, 6.07) is 0.0666. The zero-order valence-electron chi connectivity index (χ0n) is 11.6. The molecular formula is C13H24N2O4. The predicted octanol–water partition coefficient (Wildman–Crippen LogP) is -0.733. The second kappa shape index (κ2) is 6.17. The molecule has 6 nitrogen and oxygen atoms in total. The molecule has 2 heterocycles. The number of hydrogen-bond acceptors (Lipinski definition) is 5.